The van der Waals surface area contributed by atoms with Crippen molar-refractivity contribution in [2.45, 2.75) is 0 Å². The molecule has 0 radical (unpaired) electrons. The van der Waals surface area contributed by atoms with Gasteiger partial charge >= 0.3 is 0 Å². The molecular weight excluding hydrogens is 230 g/mol. The van der Waals surface area contributed by atoms with Gasteiger partial charge in [0, 0.05) is 30.4 Å². The molecule has 0 saturated heterocycles. The fourth-order valence-corrected chi connectivity index (χ4v) is 1.53. The summed E-state index contributed by atoms with van der Waals surface area (Å²) < 4.78 is 5.18. The van der Waals surface area contributed by atoms with Crippen molar-refractivity contribution < 1.29 is 4.52 Å². The summed E-state index contributed by atoms with van der Waals surface area (Å²) in [6.07, 6.45) is 6.53. The minimum absolute atomic E-state index is 0.390. The lowest BCUT2D eigenvalue weighted by molar-refractivity contribution is 0.432. The molecule has 88 valence electrons. The van der Waals surface area contributed by atoms with E-state index in [2.05, 4.69) is 20.1 Å². The second-order valence-corrected chi connectivity index (χ2v) is 3.67. The highest BCUT2D eigenvalue weighted by atomic mass is 16.5. The normalized spacial score (nSPS) is 10.4. The van der Waals surface area contributed by atoms with Gasteiger partial charge < -0.3 is 10.3 Å². The first kappa shape index (κ1) is 10.4. The minimum Gasteiger partial charge on any atom is -0.397 e. The van der Waals surface area contributed by atoms with Crippen LogP contribution in [-0.4, -0.2) is 20.1 Å². The van der Waals surface area contributed by atoms with Crippen molar-refractivity contribution in [1.82, 2.24) is 20.1 Å². The van der Waals surface area contributed by atoms with E-state index in [-0.39, 0.29) is 0 Å². The number of anilines is 1. The molecule has 0 aliphatic carbocycles. The first-order valence-corrected chi connectivity index (χ1v) is 5.28. The third-order valence-corrected chi connectivity index (χ3v) is 2.37. The molecule has 0 amide bonds. The number of rotatable bonds is 2. The Morgan fingerprint density at radius 3 is 2.61 bits per heavy atom. The van der Waals surface area contributed by atoms with Gasteiger partial charge in [0.2, 0.25) is 5.82 Å². The second kappa shape index (κ2) is 4.25. The fourth-order valence-electron chi connectivity index (χ4n) is 1.53. The van der Waals surface area contributed by atoms with Crippen LogP contribution in [0.4, 0.5) is 5.69 Å². The van der Waals surface area contributed by atoms with E-state index in [0.29, 0.717) is 23.0 Å². The molecule has 0 aliphatic rings. The quantitative estimate of drug-likeness (QED) is 0.732. The highest BCUT2D eigenvalue weighted by molar-refractivity contribution is 5.61. The Hall–Kier alpha value is -2.76. The molecule has 3 rings (SSSR count). The smallest absolute Gasteiger partial charge is 0.259 e. The Kier molecular flexibility index (Phi) is 2.45. The van der Waals surface area contributed by atoms with Gasteiger partial charge in [0.25, 0.3) is 5.89 Å². The Bertz CT molecular complexity index is 665. The SMILES string of the molecule is Nc1cncc(-c2nc(-c3ccncc3)no2)c1. The van der Waals surface area contributed by atoms with Gasteiger partial charge in [0.05, 0.1) is 11.3 Å². The Morgan fingerprint density at radius 2 is 1.83 bits per heavy atom. The maximum absolute atomic E-state index is 5.65. The third kappa shape index (κ3) is 1.91. The van der Waals surface area contributed by atoms with Crippen LogP contribution in [0.3, 0.4) is 0 Å². The number of nitrogens with zero attached hydrogens (tertiary/aromatic N) is 4. The van der Waals surface area contributed by atoms with E-state index in [4.69, 9.17) is 10.3 Å². The first-order valence-electron chi connectivity index (χ1n) is 5.28. The number of nitrogen functional groups attached to an aromatic ring is 1. The van der Waals surface area contributed by atoms with Crippen molar-refractivity contribution in [3.8, 4) is 22.8 Å². The molecule has 6 heteroatoms. The predicted octanol–water partition coefficient (Wildman–Crippen LogP) is 1.78. The maximum atomic E-state index is 5.65. The molecule has 0 unspecified atom stereocenters. The molecule has 3 heterocycles. The van der Waals surface area contributed by atoms with Crippen LogP contribution in [-0.2, 0) is 0 Å². The van der Waals surface area contributed by atoms with Crippen molar-refractivity contribution >= 4 is 5.69 Å². The monoisotopic (exact) mass is 239 g/mol. The first-order chi connectivity index (χ1) is 8.83. The number of hydrogen-bond donors (Lipinski definition) is 1. The lowest BCUT2D eigenvalue weighted by Gasteiger charge is -1.94. The van der Waals surface area contributed by atoms with E-state index < -0.39 is 0 Å². The molecule has 0 atom stereocenters. The van der Waals surface area contributed by atoms with Gasteiger partial charge in [-0.25, -0.2) is 0 Å². The summed E-state index contributed by atoms with van der Waals surface area (Å²) in [7, 11) is 0. The summed E-state index contributed by atoms with van der Waals surface area (Å²) in [6.45, 7) is 0. The molecule has 3 aromatic rings. The average molecular weight is 239 g/mol. The fraction of sp³-hybridized carbons (Fsp3) is 0. The summed E-state index contributed by atoms with van der Waals surface area (Å²) >= 11 is 0. The Labute approximate surface area is 103 Å². The van der Waals surface area contributed by atoms with Crippen molar-refractivity contribution in [3.63, 3.8) is 0 Å². The summed E-state index contributed by atoms with van der Waals surface area (Å²) in [4.78, 5) is 12.2. The van der Waals surface area contributed by atoms with E-state index in [9.17, 15) is 0 Å². The summed E-state index contributed by atoms with van der Waals surface area (Å²) in [6, 6.07) is 5.36. The van der Waals surface area contributed by atoms with Gasteiger partial charge in [-0.2, -0.15) is 4.98 Å². The van der Waals surface area contributed by atoms with E-state index in [1.165, 1.54) is 0 Å². The topological polar surface area (TPSA) is 90.7 Å². The van der Waals surface area contributed by atoms with Crippen LogP contribution < -0.4 is 5.73 Å². The van der Waals surface area contributed by atoms with Gasteiger partial charge in [-0.15, -0.1) is 0 Å². The molecule has 3 aromatic heterocycles. The molecule has 0 saturated carbocycles. The number of hydrogen-bond acceptors (Lipinski definition) is 6. The van der Waals surface area contributed by atoms with Crippen LogP contribution >= 0.6 is 0 Å². The van der Waals surface area contributed by atoms with Gasteiger partial charge in [0.15, 0.2) is 0 Å². The molecule has 0 aliphatic heterocycles. The van der Waals surface area contributed by atoms with Gasteiger partial charge in [-0.3, -0.25) is 9.97 Å². The van der Waals surface area contributed by atoms with E-state index >= 15 is 0 Å². The molecule has 6 nitrogen and oxygen atoms in total. The highest BCUT2D eigenvalue weighted by Gasteiger charge is 2.10. The van der Waals surface area contributed by atoms with Crippen molar-refractivity contribution in [1.29, 1.82) is 0 Å². The van der Waals surface area contributed by atoms with Crippen LogP contribution in [0.1, 0.15) is 0 Å². The standard InChI is InChI=1S/C12H9N5O/c13-10-5-9(6-15-7-10)12-16-11(17-18-12)8-1-3-14-4-2-8/h1-7H,13H2. The predicted molar refractivity (Wildman–Crippen MR) is 65.2 cm³/mol. The molecule has 0 fully saturated rings. The van der Waals surface area contributed by atoms with Crippen LogP contribution in [0.5, 0.6) is 0 Å². The Morgan fingerprint density at radius 1 is 1.00 bits per heavy atom. The number of aromatic nitrogens is 4. The van der Waals surface area contributed by atoms with E-state index in [0.717, 1.165) is 5.56 Å². The van der Waals surface area contributed by atoms with Gasteiger partial charge in [0.1, 0.15) is 0 Å². The van der Waals surface area contributed by atoms with Crippen LogP contribution in [0.15, 0.2) is 47.5 Å². The molecule has 0 spiro atoms. The van der Waals surface area contributed by atoms with E-state index in [1.54, 1.807) is 30.9 Å². The minimum atomic E-state index is 0.390. The van der Waals surface area contributed by atoms with Crippen LogP contribution in [0, 0.1) is 0 Å². The number of nitrogens with two attached hydrogens (primary N) is 1. The van der Waals surface area contributed by atoms with Crippen molar-refractivity contribution in [3.05, 3.63) is 43.0 Å². The summed E-state index contributed by atoms with van der Waals surface area (Å²) in [5.74, 6) is 0.899. The number of pyridine rings is 2. The van der Waals surface area contributed by atoms with Gasteiger partial charge in [-0.05, 0) is 18.2 Å². The lowest BCUT2D eigenvalue weighted by Crippen LogP contribution is -1.87. The molecule has 0 bridgehead atoms. The summed E-state index contributed by atoms with van der Waals surface area (Å²) in [5, 5.41) is 3.91. The molecule has 0 aromatic carbocycles. The molecule has 18 heavy (non-hydrogen) atoms. The van der Waals surface area contributed by atoms with Crippen LogP contribution in [0.2, 0.25) is 0 Å². The highest BCUT2D eigenvalue weighted by Crippen LogP contribution is 2.22. The zero-order chi connectivity index (χ0) is 12.4. The summed E-state index contributed by atoms with van der Waals surface area (Å²) in [5.41, 5.74) is 7.75. The molecule has 2 N–H and O–H groups in total. The largest absolute Gasteiger partial charge is 0.397 e. The van der Waals surface area contributed by atoms with Crippen molar-refractivity contribution in [2.75, 3.05) is 5.73 Å². The lowest BCUT2D eigenvalue weighted by atomic mass is 10.2. The Balaban J connectivity index is 2.00. The van der Waals surface area contributed by atoms with E-state index in [1.807, 2.05) is 12.1 Å². The zero-order valence-electron chi connectivity index (χ0n) is 9.32. The van der Waals surface area contributed by atoms with Crippen molar-refractivity contribution in [2.24, 2.45) is 0 Å². The second-order valence-electron chi connectivity index (χ2n) is 3.67. The van der Waals surface area contributed by atoms with Crippen LogP contribution in [0.25, 0.3) is 22.8 Å². The maximum Gasteiger partial charge on any atom is 0.259 e. The van der Waals surface area contributed by atoms with Gasteiger partial charge in [-0.1, -0.05) is 5.16 Å². The average Bonchev–Trinajstić information content (AvgIpc) is 2.89. The third-order valence-electron chi connectivity index (χ3n) is 2.37. The zero-order valence-corrected chi connectivity index (χ0v) is 9.32. The molecular formula is C12H9N5O.